The topological polar surface area (TPSA) is 70.1 Å². The fraction of sp³-hybridized carbons (Fsp3) is 0.364. The average Bonchev–Trinajstić information content (AvgIpc) is 2.76. The second-order valence-corrected chi connectivity index (χ2v) is 7.52. The molecule has 4 rings (SSSR count). The van der Waals surface area contributed by atoms with Crippen molar-refractivity contribution < 1.29 is 0 Å². The van der Waals surface area contributed by atoms with E-state index in [9.17, 15) is 0 Å². The SMILES string of the molecule is Cc1nc(-c2cccnc2)nc(NCc2ccc(N3CCN(C)CC3)nc2)c1C. The molecular formula is C22H27N7. The number of nitrogens with zero attached hydrogens (tertiary/aromatic N) is 6. The van der Waals surface area contributed by atoms with Gasteiger partial charge in [0.2, 0.25) is 0 Å². The molecule has 7 heteroatoms. The van der Waals surface area contributed by atoms with Crippen molar-refractivity contribution >= 4 is 11.6 Å². The normalized spacial score (nSPS) is 14.8. The molecule has 0 saturated carbocycles. The van der Waals surface area contributed by atoms with Gasteiger partial charge in [0.25, 0.3) is 0 Å². The highest BCUT2D eigenvalue weighted by molar-refractivity contribution is 5.58. The number of hydrogen-bond donors (Lipinski definition) is 1. The molecule has 29 heavy (non-hydrogen) atoms. The molecule has 1 fully saturated rings. The Hall–Kier alpha value is -3.06. The lowest BCUT2D eigenvalue weighted by molar-refractivity contribution is 0.312. The van der Waals surface area contributed by atoms with Gasteiger partial charge in [-0.15, -0.1) is 0 Å². The summed E-state index contributed by atoms with van der Waals surface area (Å²) < 4.78 is 0. The molecule has 0 unspecified atom stereocenters. The zero-order chi connectivity index (χ0) is 20.2. The lowest BCUT2D eigenvalue weighted by Crippen LogP contribution is -2.44. The minimum atomic E-state index is 0.666. The third-order valence-electron chi connectivity index (χ3n) is 5.41. The number of likely N-dealkylation sites (N-methyl/N-ethyl adjacent to an activating group) is 1. The van der Waals surface area contributed by atoms with Crippen molar-refractivity contribution in [1.82, 2.24) is 24.8 Å². The molecule has 1 N–H and O–H groups in total. The largest absolute Gasteiger partial charge is 0.366 e. The minimum Gasteiger partial charge on any atom is -0.366 e. The standard InChI is InChI=1S/C22H27N7/c1-16-17(2)26-22(19-5-4-8-23-15-19)27-21(16)25-14-18-6-7-20(24-13-18)29-11-9-28(3)10-12-29/h4-8,13,15H,9-12,14H2,1-3H3,(H,25,26,27). The van der Waals surface area contributed by atoms with E-state index in [0.29, 0.717) is 12.4 Å². The smallest absolute Gasteiger partial charge is 0.163 e. The molecule has 0 radical (unpaired) electrons. The predicted molar refractivity (Wildman–Crippen MR) is 116 cm³/mol. The highest BCUT2D eigenvalue weighted by Crippen LogP contribution is 2.22. The van der Waals surface area contributed by atoms with Crippen molar-refractivity contribution in [3.8, 4) is 11.4 Å². The zero-order valence-corrected chi connectivity index (χ0v) is 17.3. The molecule has 0 bridgehead atoms. The fourth-order valence-electron chi connectivity index (χ4n) is 3.35. The highest BCUT2D eigenvalue weighted by atomic mass is 15.3. The lowest BCUT2D eigenvalue weighted by atomic mass is 10.2. The summed E-state index contributed by atoms with van der Waals surface area (Å²) in [4.78, 5) is 22.9. The van der Waals surface area contributed by atoms with Gasteiger partial charge in [0.15, 0.2) is 5.82 Å². The summed E-state index contributed by atoms with van der Waals surface area (Å²) in [7, 11) is 2.16. The first-order valence-corrected chi connectivity index (χ1v) is 9.98. The maximum absolute atomic E-state index is 4.72. The third-order valence-corrected chi connectivity index (χ3v) is 5.41. The number of hydrogen-bond acceptors (Lipinski definition) is 7. The molecule has 150 valence electrons. The van der Waals surface area contributed by atoms with Crippen LogP contribution in [0.5, 0.6) is 0 Å². The van der Waals surface area contributed by atoms with Crippen LogP contribution in [0.2, 0.25) is 0 Å². The molecule has 0 amide bonds. The summed E-state index contributed by atoms with van der Waals surface area (Å²) in [5, 5.41) is 3.45. The molecule has 3 aromatic heterocycles. The Morgan fingerprint density at radius 1 is 1.00 bits per heavy atom. The Labute approximate surface area is 171 Å². The highest BCUT2D eigenvalue weighted by Gasteiger charge is 2.15. The third kappa shape index (κ3) is 4.51. The summed E-state index contributed by atoms with van der Waals surface area (Å²) in [5.74, 6) is 2.58. The summed E-state index contributed by atoms with van der Waals surface area (Å²) in [5.41, 5.74) is 4.06. The van der Waals surface area contributed by atoms with Crippen LogP contribution in [-0.2, 0) is 6.54 Å². The Bertz CT molecular complexity index is 949. The van der Waals surface area contributed by atoms with Gasteiger partial charge < -0.3 is 15.1 Å². The van der Waals surface area contributed by atoms with E-state index < -0.39 is 0 Å². The van der Waals surface area contributed by atoms with Crippen LogP contribution in [-0.4, -0.2) is 58.1 Å². The van der Waals surface area contributed by atoms with Gasteiger partial charge in [-0.3, -0.25) is 4.98 Å². The van der Waals surface area contributed by atoms with E-state index in [-0.39, 0.29) is 0 Å². The van der Waals surface area contributed by atoms with E-state index in [1.54, 1.807) is 12.4 Å². The zero-order valence-electron chi connectivity index (χ0n) is 17.3. The Kier molecular flexibility index (Phi) is 5.67. The lowest BCUT2D eigenvalue weighted by Gasteiger charge is -2.33. The van der Waals surface area contributed by atoms with Crippen molar-refractivity contribution in [2.75, 3.05) is 43.4 Å². The van der Waals surface area contributed by atoms with Gasteiger partial charge in [0.1, 0.15) is 11.6 Å². The fourth-order valence-corrected chi connectivity index (χ4v) is 3.35. The van der Waals surface area contributed by atoms with Crippen LogP contribution in [0.4, 0.5) is 11.6 Å². The van der Waals surface area contributed by atoms with Gasteiger partial charge in [0.05, 0.1) is 0 Å². The monoisotopic (exact) mass is 389 g/mol. The number of piperazine rings is 1. The van der Waals surface area contributed by atoms with Crippen LogP contribution in [0.3, 0.4) is 0 Å². The van der Waals surface area contributed by atoms with E-state index in [4.69, 9.17) is 4.98 Å². The van der Waals surface area contributed by atoms with Crippen LogP contribution in [0.25, 0.3) is 11.4 Å². The molecule has 4 heterocycles. The number of aryl methyl sites for hydroxylation is 1. The van der Waals surface area contributed by atoms with Gasteiger partial charge >= 0.3 is 0 Å². The van der Waals surface area contributed by atoms with E-state index in [0.717, 1.165) is 60.2 Å². The number of pyridine rings is 2. The van der Waals surface area contributed by atoms with Gasteiger partial charge in [-0.1, -0.05) is 6.07 Å². The molecular weight excluding hydrogens is 362 g/mol. The Morgan fingerprint density at radius 3 is 2.52 bits per heavy atom. The maximum Gasteiger partial charge on any atom is 0.163 e. The first-order chi connectivity index (χ1) is 14.1. The number of rotatable bonds is 5. The van der Waals surface area contributed by atoms with E-state index in [1.165, 1.54) is 0 Å². The van der Waals surface area contributed by atoms with Crippen LogP contribution in [0.15, 0.2) is 42.9 Å². The second kappa shape index (κ2) is 8.53. The van der Waals surface area contributed by atoms with Crippen LogP contribution in [0.1, 0.15) is 16.8 Å². The van der Waals surface area contributed by atoms with E-state index in [2.05, 4.69) is 49.2 Å². The number of aromatic nitrogens is 4. The van der Waals surface area contributed by atoms with Gasteiger partial charge in [-0.2, -0.15) is 0 Å². The van der Waals surface area contributed by atoms with Crippen molar-refractivity contribution in [3.63, 3.8) is 0 Å². The quantitative estimate of drug-likeness (QED) is 0.719. The molecule has 1 aliphatic rings. The molecule has 0 atom stereocenters. The molecule has 0 aromatic carbocycles. The van der Waals surface area contributed by atoms with Crippen LogP contribution < -0.4 is 10.2 Å². The number of nitrogens with one attached hydrogen (secondary N) is 1. The molecule has 1 saturated heterocycles. The molecule has 1 aliphatic heterocycles. The second-order valence-electron chi connectivity index (χ2n) is 7.52. The first kappa shape index (κ1) is 19.3. The molecule has 3 aromatic rings. The summed E-state index contributed by atoms with van der Waals surface area (Å²) in [6.45, 7) is 8.93. The average molecular weight is 390 g/mol. The van der Waals surface area contributed by atoms with Crippen LogP contribution in [0, 0.1) is 13.8 Å². The van der Waals surface area contributed by atoms with Crippen molar-refractivity contribution in [1.29, 1.82) is 0 Å². The minimum absolute atomic E-state index is 0.666. The maximum atomic E-state index is 4.72. The molecule has 0 spiro atoms. The Morgan fingerprint density at radius 2 is 1.83 bits per heavy atom. The van der Waals surface area contributed by atoms with Crippen molar-refractivity contribution in [2.24, 2.45) is 0 Å². The summed E-state index contributed by atoms with van der Waals surface area (Å²) >= 11 is 0. The molecule has 0 aliphatic carbocycles. The molecule has 7 nitrogen and oxygen atoms in total. The van der Waals surface area contributed by atoms with Gasteiger partial charge in [-0.05, 0) is 44.7 Å². The summed E-state index contributed by atoms with van der Waals surface area (Å²) in [6.07, 6.45) is 5.49. The first-order valence-electron chi connectivity index (χ1n) is 9.98. The van der Waals surface area contributed by atoms with E-state index in [1.807, 2.05) is 32.2 Å². The number of anilines is 2. The summed E-state index contributed by atoms with van der Waals surface area (Å²) in [6, 6.07) is 8.12. The van der Waals surface area contributed by atoms with Crippen molar-refractivity contribution in [2.45, 2.75) is 20.4 Å². The van der Waals surface area contributed by atoms with Gasteiger partial charge in [-0.25, -0.2) is 15.0 Å². The van der Waals surface area contributed by atoms with Crippen LogP contribution >= 0.6 is 0 Å². The van der Waals surface area contributed by atoms with Gasteiger partial charge in [0, 0.05) is 68.1 Å². The predicted octanol–water partition coefficient (Wildman–Crippen LogP) is 2.91. The van der Waals surface area contributed by atoms with E-state index >= 15 is 0 Å². The van der Waals surface area contributed by atoms with Crippen molar-refractivity contribution in [3.05, 3.63) is 59.7 Å². The Balaban J connectivity index is 1.45.